The number of rotatable bonds is 8. The van der Waals surface area contributed by atoms with Crippen LogP contribution in [0.3, 0.4) is 0 Å². The Morgan fingerprint density at radius 2 is 2.00 bits per heavy atom. The second-order valence-corrected chi connectivity index (χ2v) is 5.74. The minimum absolute atomic E-state index is 0.110. The van der Waals surface area contributed by atoms with E-state index in [-0.39, 0.29) is 5.91 Å². The average Bonchev–Trinajstić information content (AvgIpc) is 2.98. The monoisotopic (exact) mass is 331 g/mol. The van der Waals surface area contributed by atoms with E-state index in [9.17, 15) is 4.79 Å². The molecule has 0 aliphatic carbocycles. The topological polar surface area (TPSA) is 63.9 Å². The molecule has 0 atom stereocenters. The van der Waals surface area contributed by atoms with Gasteiger partial charge in [-0.2, -0.15) is 0 Å². The predicted octanol–water partition coefficient (Wildman–Crippen LogP) is 2.49. The van der Waals surface area contributed by atoms with E-state index in [1.165, 1.54) is 11.8 Å². The molecule has 0 unspecified atom stereocenters. The highest BCUT2D eigenvalue weighted by molar-refractivity contribution is 7.99. The lowest BCUT2D eigenvalue weighted by molar-refractivity contribution is -0.127. The number of allylic oxidation sites excluding steroid dienone is 1. The van der Waals surface area contributed by atoms with Crippen LogP contribution < -0.4 is 0 Å². The number of hydrogen-bond donors (Lipinski definition) is 0. The lowest BCUT2D eigenvalue weighted by Gasteiger charge is -2.18. The number of amides is 1. The summed E-state index contributed by atoms with van der Waals surface area (Å²) in [7, 11) is 0. The molecule has 0 radical (unpaired) electrons. The van der Waals surface area contributed by atoms with Gasteiger partial charge in [0.15, 0.2) is 11.0 Å². The van der Waals surface area contributed by atoms with Crippen LogP contribution in [0.2, 0.25) is 0 Å². The Labute approximate surface area is 140 Å². The van der Waals surface area contributed by atoms with Gasteiger partial charge in [0.25, 0.3) is 0 Å². The van der Waals surface area contributed by atoms with Gasteiger partial charge in [0.2, 0.25) is 5.91 Å². The lowest BCUT2D eigenvalue weighted by atomic mass is 10.2. The van der Waals surface area contributed by atoms with Crippen molar-refractivity contribution in [3.05, 3.63) is 37.2 Å². The van der Waals surface area contributed by atoms with E-state index in [1.807, 2.05) is 35.4 Å². The zero-order chi connectivity index (χ0) is 16.7. The highest BCUT2D eigenvalue weighted by Gasteiger charge is 2.16. The number of thioether (sulfide) groups is 1. The van der Waals surface area contributed by atoms with Gasteiger partial charge >= 0.3 is 0 Å². The number of nitrogens with zero attached hydrogens (tertiary/aromatic N) is 5. The minimum atomic E-state index is 0.110. The largest absolute Gasteiger partial charge is 0.343 e. The molecule has 6 nitrogen and oxygen atoms in total. The Bertz CT molecular complexity index is 652. The smallest absolute Gasteiger partial charge is 0.233 e. The molecule has 2 heterocycles. The Morgan fingerprint density at radius 3 is 2.61 bits per heavy atom. The summed E-state index contributed by atoms with van der Waals surface area (Å²) in [6.45, 7) is 9.78. The maximum Gasteiger partial charge on any atom is 0.233 e. The van der Waals surface area contributed by atoms with Gasteiger partial charge in [-0.15, -0.1) is 16.8 Å². The third-order valence-corrected chi connectivity index (χ3v) is 4.36. The quantitative estimate of drug-likeness (QED) is 0.549. The molecule has 122 valence electrons. The molecule has 2 aromatic heterocycles. The Morgan fingerprint density at radius 1 is 1.30 bits per heavy atom. The molecule has 0 aliphatic rings. The van der Waals surface area contributed by atoms with Crippen LogP contribution in [0.15, 0.2) is 42.3 Å². The molecule has 0 saturated heterocycles. The van der Waals surface area contributed by atoms with Gasteiger partial charge in [-0.3, -0.25) is 14.3 Å². The van der Waals surface area contributed by atoms with Crippen molar-refractivity contribution >= 4 is 17.7 Å². The predicted molar refractivity (Wildman–Crippen MR) is 92.1 cm³/mol. The van der Waals surface area contributed by atoms with Gasteiger partial charge in [0.1, 0.15) is 0 Å². The van der Waals surface area contributed by atoms with Crippen LogP contribution in [0, 0.1) is 0 Å². The molecule has 7 heteroatoms. The summed E-state index contributed by atoms with van der Waals surface area (Å²) in [5.41, 5.74) is 0.941. The van der Waals surface area contributed by atoms with Crippen molar-refractivity contribution in [2.24, 2.45) is 0 Å². The van der Waals surface area contributed by atoms with Gasteiger partial charge in [-0.1, -0.05) is 17.8 Å². The number of carbonyl (C=O) groups excluding carboxylic acids is 1. The molecule has 0 N–H and O–H groups in total. The Hall–Kier alpha value is -2.15. The van der Waals surface area contributed by atoms with Crippen molar-refractivity contribution in [2.75, 3.05) is 18.8 Å². The molecule has 2 aromatic rings. The molecule has 23 heavy (non-hydrogen) atoms. The SMILES string of the molecule is C=CCn1c(SCC(=O)N(CC)CC)nnc1-c1ccncc1. The molecule has 0 fully saturated rings. The third-order valence-electron chi connectivity index (χ3n) is 3.41. The fourth-order valence-electron chi connectivity index (χ4n) is 2.20. The molecular formula is C16H21N5OS. The van der Waals surface area contributed by atoms with Crippen LogP contribution in [0.5, 0.6) is 0 Å². The van der Waals surface area contributed by atoms with E-state index in [4.69, 9.17) is 0 Å². The zero-order valence-corrected chi connectivity index (χ0v) is 14.3. The van der Waals surface area contributed by atoms with Crippen molar-refractivity contribution < 1.29 is 4.79 Å². The first-order chi connectivity index (χ1) is 11.2. The summed E-state index contributed by atoms with van der Waals surface area (Å²) in [4.78, 5) is 18.0. The van der Waals surface area contributed by atoms with Gasteiger partial charge in [-0.05, 0) is 26.0 Å². The van der Waals surface area contributed by atoms with Crippen LogP contribution in [-0.4, -0.2) is 49.4 Å². The maximum absolute atomic E-state index is 12.1. The molecule has 0 bridgehead atoms. The van der Waals surface area contributed by atoms with Crippen molar-refractivity contribution in [2.45, 2.75) is 25.5 Å². The first-order valence-corrected chi connectivity index (χ1v) is 8.54. The summed E-state index contributed by atoms with van der Waals surface area (Å²) >= 11 is 1.40. The summed E-state index contributed by atoms with van der Waals surface area (Å²) in [6.07, 6.45) is 5.24. The fraction of sp³-hybridized carbons (Fsp3) is 0.375. The van der Waals surface area contributed by atoms with Crippen molar-refractivity contribution in [3.8, 4) is 11.4 Å². The summed E-state index contributed by atoms with van der Waals surface area (Å²) in [5.74, 6) is 1.22. The molecule has 0 spiro atoms. The second kappa shape index (κ2) is 8.47. The zero-order valence-electron chi connectivity index (χ0n) is 13.5. The lowest BCUT2D eigenvalue weighted by Crippen LogP contribution is -2.31. The molecule has 2 rings (SSSR count). The first kappa shape index (κ1) is 17.2. The van der Waals surface area contributed by atoms with Crippen LogP contribution in [0.25, 0.3) is 11.4 Å². The molecule has 1 amide bonds. The Kier molecular flexibility index (Phi) is 6.34. The highest BCUT2D eigenvalue weighted by atomic mass is 32.2. The molecule has 0 aromatic carbocycles. The van der Waals surface area contributed by atoms with Gasteiger partial charge in [0, 0.05) is 37.6 Å². The van der Waals surface area contributed by atoms with Crippen molar-refractivity contribution in [3.63, 3.8) is 0 Å². The van der Waals surface area contributed by atoms with Crippen molar-refractivity contribution in [1.82, 2.24) is 24.6 Å². The summed E-state index contributed by atoms with van der Waals surface area (Å²) in [6, 6.07) is 3.78. The van der Waals surface area contributed by atoms with Crippen LogP contribution in [-0.2, 0) is 11.3 Å². The van der Waals surface area contributed by atoms with Crippen molar-refractivity contribution in [1.29, 1.82) is 0 Å². The average molecular weight is 331 g/mol. The standard InChI is InChI=1S/C16H21N5OS/c1-4-11-21-15(13-7-9-17-10-8-13)18-19-16(21)23-12-14(22)20(5-2)6-3/h4,7-10H,1,5-6,11-12H2,2-3H3. The normalized spacial score (nSPS) is 10.5. The number of pyridine rings is 1. The first-order valence-electron chi connectivity index (χ1n) is 7.56. The van der Waals surface area contributed by atoms with E-state index < -0.39 is 0 Å². The van der Waals surface area contributed by atoms with Crippen LogP contribution in [0.1, 0.15) is 13.8 Å². The summed E-state index contributed by atoms with van der Waals surface area (Å²) < 4.78 is 1.96. The second-order valence-electron chi connectivity index (χ2n) is 4.80. The van der Waals surface area contributed by atoms with Gasteiger partial charge < -0.3 is 4.90 Å². The fourth-order valence-corrected chi connectivity index (χ4v) is 3.05. The summed E-state index contributed by atoms with van der Waals surface area (Å²) in [5, 5.41) is 9.21. The number of aromatic nitrogens is 4. The van der Waals surface area contributed by atoms with E-state index in [1.54, 1.807) is 18.5 Å². The number of carbonyl (C=O) groups is 1. The molecule has 0 saturated carbocycles. The molecular weight excluding hydrogens is 310 g/mol. The van der Waals surface area contributed by atoms with E-state index in [0.717, 1.165) is 29.6 Å². The minimum Gasteiger partial charge on any atom is -0.343 e. The number of hydrogen-bond acceptors (Lipinski definition) is 5. The molecule has 0 aliphatic heterocycles. The van der Waals surface area contributed by atoms with E-state index >= 15 is 0 Å². The third kappa shape index (κ3) is 4.19. The van der Waals surface area contributed by atoms with E-state index in [2.05, 4.69) is 21.8 Å². The van der Waals surface area contributed by atoms with Crippen LogP contribution >= 0.6 is 11.8 Å². The highest BCUT2D eigenvalue weighted by Crippen LogP contribution is 2.23. The van der Waals surface area contributed by atoms with Crippen LogP contribution in [0.4, 0.5) is 0 Å². The van der Waals surface area contributed by atoms with E-state index in [0.29, 0.717) is 12.3 Å². The van der Waals surface area contributed by atoms with Gasteiger partial charge in [-0.25, -0.2) is 0 Å². The Balaban J connectivity index is 2.18. The maximum atomic E-state index is 12.1. The van der Waals surface area contributed by atoms with Gasteiger partial charge in [0.05, 0.1) is 5.75 Å².